The molecule has 174 valence electrons. The number of para-hydroxylation sites is 2. The Morgan fingerprint density at radius 1 is 1.00 bits per heavy atom. The number of hydrogen-bond donors (Lipinski definition) is 1. The van der Waals surface area contributed by atoms with Gasteiger partial charge in [0, 0.05) is 31.7 Å². The minimum Gasteiger partial charge on any atom is -0.495 e. The van der Waals surface area contributed by atoms with Crippen molar-refractivity contribution in [1.29, 1.82) is 0 Å². The van der Waals surface area contributed by atoms with Crippen LogP contribution in [0.2, 0.25) is 0 Å². The smallest absolute Gasteiger partial charge is 0.232 e. The van der Waals surface area contributed by atoms with Gasteiger partial charge in [-0.1, -0.05) is 26.0 Å². The molecule has 6 rings (SSSR count). The van der Waals surface area contributed by atoms with Crippen molar-refractivity contribution in [3.63, 3.8) is 0 Å². The van der Waals surface area contributed by atoms with E-state index in [1.807, 2.05) is 23.1 Å². The lowest BCUT2D eigenvalue weighted by molar-refractivity contribution is -0.144. The fourth-order valence-electron chi connectivity index (χ4n) is 8.26. The van der Waals surface area contributed by atoms with Gasteiger partial charge in [-0.3, -0.25) is 9.59 Å². The Balaban J connectivity index is 1.16. The lowest BCUT2D eigenvalue weighted by Gasteiger charge is -2.65. The number of anilines is 1. The summed E-state index contributed by atoms with van der Waals surface area (Å²) in [5.74, 6) is 1.44. The van der Waals surface area contributed by atoms with E-state index in [2.05, 4.69) is 30.1 Å². The summed E-state index contributed by atoms with van der Waals surface area (Å²) >= 11 is 0. The van der Waals surface area contributed by atoms with Crippen molar-refractivity contribution in [3.8, 4) is 5.75 Å². The molecule has 0 aromatic heterocycles. The molecule has 6 heteroatoms. The van der Waals surface area contributed by atoms with Gasteiger partial charge >= 0.3 is 0 Å². The van der Waals surface area contributed by atoms with Crippen LogP contribution in [0.3, 0.4) is 0 Å². The minimum absolute atomic E-state index is 0.0332. The average Bonchev–Trinajstić information content (AvgIpc) is 2.70. The molecule has 1 aromatic carbocycles. The number of methoxy groups -OCH3 is 1. The Bertz CT molecular complexity index is 889. The number of ether oxygens (including phenoxy) is 1. The number of rotatable bonds is 5. The standard InChI is InChI=1S/C26H37N3O3/c1-24-13-19-14-25(2,16-24)18-26(15-19,17-24)27-22(30)12-23(31)29-10-8-28(9-11-29)20-6-4-5-7-21(20)32-3/h4-7,19H,8-18H2,1-3H3,(H,27,30). The second-order valence-electron chi connectivity index (χ2n) is 11.7. The fourth-order valence-corrected chi connectivity index (χ4v) is 8.26. The van der Waals surface area contributed by atoms with Crippen LogP contribution in [0.1, 0.15) is 58.8 Å². The number of hydrogen-bond acceptors (Lipinski definition) is 4. The van der Waals surface area contributed by atoms with Crippen molar-refractivity contribution in [3.05, 3.63) is 24.3 Å². The van der Waals surface area contributed by atoms with Crippen LogP contribution in [-0.2, 0) is 9.59 Å². The van der Waals surface area contributed by atoms with Crippen LogP contribution in [0.5, 0.6) is 5.75 Å². The SMILES string of the molecule is COc1ccccc1N1CCN(C(=O)CC(=O)NC23CC4CC(C)(CC(C)(C4)C2)C3)CC1. The van der Waals surface area contributed by atoms with E-state index in [0.717, 1.165) is 49.7 Å². The second-order valence-corrected chi connectivity index (χ2v) is 11.7. The predicted octanol–water partition coefficient (Wildman–Crippen LogP) is 3.60. The van der Waals surface area contributed by atoms with Gasteiger partial charge in [0.05, 0.1) is 12.8 Å². The molecule has 2 atom stereocenters. The molecule has 2 amide bonds. The normalized spacial score (nSPS) is 35.7. The average molecular weight is 440 g/mol. The molecule has 1 saturated heterocycles. The Morgan fingerprint density at radius 3 is 2.28 bits per heavy atom. The molecule has 5 aliphatic rings. The Labute approximate surface area is 191 Å². The molecule has 1 aromatic rings. The second kappa shape index (κ2) is 7.67. The molecule has 2 unspecified atom stereocenters. The van der Waals surface area contributed by atoms with Gasteiger partial charge in [-0.2, -0.15) is 0 Å². The van der Waals surface area contributed by atoms with Crippen molar-refractivity contribution < 1.29 is 14.3 Å². The van der Waals surface area contributed by atoms with Crippen LogP contribution in [0.25, 0.3) is 0 Å². The quantitative estimate of drug-likeness (QED) is 0.712. The molecule has 32 heavy (non-hydrogen) atoms. The number of carbonyl (C=O) groups excluding carboxylic acids is 2. The van der Waals surface area contributed by atoms with E-state index >= 15 is 0 Å². The van der Waals surface area contributed by atoms with Gasteiger partial charge in [-0.25, -0.2) is 0 Å². The Kier molecular flexibility index (Phi) is 5.18. The molecule has 4 saturated carbocycles. The predicted molar refractivity (Wildman–Crippen MR) is 125 cm³/mol. The van der Waals surface area contributed by atoms with Gasteiger partial charge in [0.1, 0.15) is 12.2 Å². The van der Waals surface area contributed by atoms with Crippen LogP contribution < -0.4 is 15.0 Å². The first-order valence-electron chi connectivity index (χ1n) is 12.2. The van der Waals surface area contributed by atoms with Gasteiger partial charge in [0.2, 0.25) is 11.8 Å². The van der Waals surface area contributed by atoms with Crippen molar-refractivity contribution in [1.82, 2.24) is 10.2 Å². The summed E-state index contributed by atoms with van der Waals surface area (Å²) in [7, 11) is 1.68. The number of piperazine rings is 1. The van der Waals surface area contributed by atoms with Crippen molar-refractivity contribution in [2.45, 2.75) is 64.3 Å². The van der Waals surface area contributed by atoms with Crippen molar-refractivity contribution >= 4 is 17.5 Å². The van der Waals surface area contributed by atoms with Gasteiger partial charge in [0.15, 0.2) is 0 Å². The summed E-state index contributed by atoms with van der Waals surface area (Å²) in [6.07, 6.45) is 7.09. The molecule has 0 spiro atoms. The highest BCUT2D eigenvalue weighted by Gasteiger charge is 2.60. The molecule has 1 N–H and O–H groups in total. The monoisotopic (exact) mass is 439 g/mol. The summed E-state index contributed by atoms with van der Waals surface area (Å²) in [6, 6.07) is 7.98. The largest absolute Gasteiger partial charge is 0.495 e. The fraction of sp³-hybridized carbons (Fsp3) is 0.692. The summed E-state index contributed by atoms with van der Waals surface area (Å²) in [5, 5.41) is 3.38. The van der Waals surface area contributed by atoms with Gasteiger partial charge in [-0.15, -0.1) is 0 Å². The molecular formula is C26H37N3O3. The maximum absolute atomic E-state index is 13.0. The Hall–Kier alpha value is -2.24. The van der Waals surface area contributed by atoms with Gasteiger partial charge in [-0.05, 0) is 67.4 Å². The maximum Gasteiger partial charge on any atom is 0.232 e. The van der Waals surface area contributed by atoms with E-state index in [9.17, 15) is 9.59 Å². The maximum atomic E-state index is 13.0. The third-order valence-electron chi connectivity index (χ3n) is 8.40. The topological polar surface area (TPSA) is 61.9 Å². The third kappa shape index (κ3) is 3.97. The first kappa shape index (κ1) is 21.6. The minimum atomic E-state index is -0.0944. The molecule has 4 aliphatic carbocycles. The summed E-state index contributed by atoms with van der Waals surface area (Å²) in [6.45, 7) is 7.57. The zero-order chi connectivity index (χ0) is 22.6. The van der Waals surface area contributed by atoms with E-state index in [1.165, 1.54) is 19.3 Å². The number of carbonyl (C=O) groups is 2. The molecule has 4 bridgehead atoms. The molecule has 0 radical (unpaired) electrons. The van der Waals surface area contributed by atoms with Crippen molar-refractivity contribution in [2.24, 2.45) is 16.7 Å². The molecule has 1 heterocycles. The number of amides is 2. The van der Waals surface area contributed by atoms with E-state index in [-0.39, 0.29) is 23.8 Å². The van der Waals surface area contributed by atoms with Crippen molar-refractivity contribution in [2.75, 3.05) is 38.2 Å². The highest BCUT2D eigenvalue weighted by molar-refractivity contribution is 5.97. The van der Waals surface area contributed by atoms with E-state index in [1.54, 1.807) is 7.11 Å². The Morgan fingerprint density at radius 2 is 1.66 bits per heavy atom. The molecule has 6 nitrogen and oxygen atoms in total. The summed E-state index contributed by atoms with van der Waals surface area (Å²) < 4.78 is 5.48. The third-order valence-corrected chi connectivity index (χ3v) is 8.40. The zero-order valence-corrected chi connectivity index (χ0v) is 19.8. The van der Waals surface area contributed by atoms with Crippen LogP contribution in [0, 0.1) is 16.7 Å². The number of nitrogens with zero attached hydrogens (tertiary/aromatic N) is 2. The van der Waals surface area contributed by atoms with Crippen LogP contribution in [0.4, 0.5) is 5.69 Å². The van der Waals surface area contributed by atoms with E-state index < -0.39 is 0 Å². The summed E-state index contributed by atoms with van der Waals surface area (Å²) in [4.78, 5) is 30.0. The molecule has 5 fully saturated rings. The first-order chi connectivity index (χ1) is 15.2. The summed E-state index contributed by atoms with van der Waals surface area (Å²) in [5.41, 5.74) is 1.66. The molecule has 1 aliphatic heterocycles. The van der Waals surface area contributed by atoms with Crippen LogP contribution in [0.15, 0.2) is 24.3 Å². The van der Waals surface area contributed by atoms with Gasteiger partial charge in [0.25, 0.3) is 0 Å². The highest BCUT2D eigenvalue weighted by atomic mass is 16.5. The number of benzene rings is 1. The lowest BCUT2D eigenvalue weighted by Crippen LogP contribution is -2.65. The van der Waals surface area contributed by atoms with Gasteiger partial charge < -0.3 is 19.9 Å². The molecular weight excluding hydrogens is 402 g/mol. The highest BCUT2D eigenvalue weighted by Crippen LogP contribution is 2.66. The zero-order valence-electron chi connectivity index (χ0n) is 19.8. The van der Waals surface area contributed by atoms with E-state index in [4.69, 9.17) is 4.74 Å². The number of nitrogens with one attached hydrogen (secondary N) is 1. The first-order valence-corrected chi connectivity index (χ1v) is 12.2. The van der Waals surface area contributed by atoms with Crippen LogP contribution >= 0.6 is 0 Å². The lowest BCUT2D eigenvalue weighted by atomic mass is 9.43. The van der Waals surface area contributed by atoms with Crippen LogP contribution in [-0.4, -0.2) is 55.5 Å². The van der Waals surface area contributed by atoms with E-state index in [0.29, 0.717) is 23.9 Å².